The van der Waals surface area contributed by atoms with Crippen molar-refractivity contribution in [3.63, 3.8) is 0 Å². The van der Waals surface area contributed by atoms with Gasteiger partial charge >= 0.3 is 6.18 Å². The summed E-state index contributed by atoms with van der Waals surface area (Å²) in [5, 5.41) is 0.717. The molecular weight excluding hydrogens is 239 g/mol. The summed E-state index contributed by atoms with van der Waals surface area (Å²) in [5.74, 6) is 0. The maximum atomic E-state index is 13.0. The van der Waals surface area contributed by atoms with E-state index in [9.17, 15) is 13.2 Å². The van der Waals surface area contributed by atoms with Crippen LogP contribution in [0, 0.1) is 6.42 Å². The average molecular weight is 251 g/mol. The molecule has 0 amide bonds. The van der Waals surface area contributed by atoms with Crippen molar-refractivity contribution in [1.82, 2.24) is 4.57 Å². The van der Waals surface area contributed by atoms with Crippen LogP contribution in [0.4, 0.5) is 13.2 Å². The van der Waals surface area contributed by atoms with Crippen LogP contribution in [0.1, 0.15) is 23.2 Å². The Balaban J connectivity index is 2.39. The normalized spacial score (nSPS) is 16.0. The van der Waals surface area contributed by atoms with E-state index in [-0.39, 0.29) is 0 Å². The molecule has 4 heteroatoms. The lowest BCUT2D eigenvalue weighted by Crippen LogP contribution is -2.09. The Kier molecular flexibility index (Phi) is 2.44. The highest BCUT2D eigenvalue weighted by atomic mass is 19.4. The van der Waals surface area contributed by atoms with E-state index in [1.165, 1.54) is 6.07 Å². The van der Waals surface area contributed by atoms with E-state index in [0.29, 0.717) is 11.9 Å². The molecule has 2 radical (unpaired) electrons. The molecule has 0 saturated heterocycles. The monoisotopic (exact) mass is 251 g/mol. The molecule has 0 spiro atoms. The molecule has 0 aliphatic heterocycles. The lowest BCUT2D eigenvalue weighted by atomic mass is 9.95. The third-order valence-electron chi connectivity index (χ3n) is 3.60. The molecule has 94 valence electrons. The van der Waals surface area contributed by atoms with Crippen molar-refractivity contribution in [1.29, 1.82) is 0 Å². The van der Waals surface area contributed by atoms with E-state index < -0.39 is 11.7 Å². The van der Waals surface area contributed by atoms with E-state index in [1.54, 1.807) is 17.7 Å². The first kappa shape index (κ1) is 11.6. The Morgan fingerprint density at radius 3 is 2.78 bits per heavy atom. The van der Waals surface area contributed by atoms with Crippen LogP contribution in [0.15, 0.2) is 18.2 Å². The number of nitrogens with zero attached hydrogens (tertiary/aromatic N) is 1. The Labute approximate surface area is 103 Å². The first-order chi connectivity index (χ1) is 8.50. The van der Waals surface area contributed by atoms with Gasteiger partial charge in [0.05, 0.1) is 11.1 Å². The number of hydrogen-bond donors (Lipinski definition) is 0. The summed E-state index contributed by atoms with van der Waals surface area (Å²) in [4.78, 5) is 0. The molecule has 2 aromatic rings. The van der Waals surface area contributed by atoms with Gasteiger partial charge in [-0.25, -0.2) is 0 Å². The van der Waals surface area contributed by atoms with Crippen LogP contribution in [0.5, 0.6) is 0 Å². The van der Waals surface area contributed by atoms with Crippen LogP contribution >= 0.6 is 0 Å². The summed E-state index contributed by atoms with van der Waals surface area (Å²) in [5.41, 5.74) is 1.78. The van der Waals surface area contributed by atoms with Gasteiger partial charge in [0.25, 0.3) is 0 Å². The zero-order valence-corrected chi connectivity index (χ0v) is 9.93. The van der Waals surface area contributed by atoms with Crippen molar-refractivity contribution < 1.29 is 13.2 Å². The van der Waals surface area contributed by atoms with Gasteiger partial charge in [-0.3, -0.25) is 0 Å². The molecule has 1 aromatic heterocycles. The predicted octanol–water partition coefficient (Wildman–Crippen LogP) is 3.77. The minimum absolute atomic E-state index is 0.304. The molecule has 0 bridgehead atoms. The van der Waals surface area contributed by atoms with Crippen molar-refractivity contribution >= 4 is 10.9 Å². The summed E-state index contributed by atoms with van der Waals surface area (Å²) < 4.78 is 40.8. The summed E-state index contributed by atoms with van der Waals surface area (Å²) >= 11 is 0. The van der Waals surface area contributed by atoms with Crippen LogP contribution in [-0.2, 0) is 26.1 Å². The zero-order chi connectivity index (χ0) is 12.9. The highest BCUT2D eigenvalue weighted by Gasteiger charge is 2.34. The maximum Gasteiger partial charge on any atom is 0.418 e. The summed E-state index contributed by atoms with van der Waals surface area (Å²) in [6.07, 6.45) is 1.15. The van der Waals surface area contributed by atoms with E-state index in [4.69, 9.17) is 0 Å². The maximum absolute atomic E-state index is 13.0. The third-order valence-corrected chi connectivity index (χ3v) is 3.60. The molecule has 1 nitrogen and oxygen atoms in total. The molecule has 1 aliphatic rings. The summed E-state index contributed by atoms with van der Waals surface area (Å²) in [6.45, 7) is 0. The largest absolute Gasteiger partial charge is 0.418 e. The lowest BCUT2D eigenvalue weighted by molar-refractivity contribution is -0.136. The predicted molar refractivity (Wildman–Crippen MR) is 63.2 cm³/mol. The SMILES string of the molecule is Cn1c2c(c3cccc(C(F)(F)F)c31)C[C]CC2. The second-order valence-corrected chi connectivity index (χ2v) is 4.61. The first-order valence-electron chi connectivity index (χ1n) is 5.87. The van der Waals surface area contributed by atoms with Crippen LogP contribution in [0.3, 0.4) is 0 Å². The molecule has 1 aliphatic carbocycles. The zero-order valence-electron chi connectivity index (χ0n) is 9.93. The Hall–Kier alpha value is -1.45. The lowest BCUT2D eigenvalue weighted by Gasteiger charge is -2.12. The smallest absolute Gasteiger partial charge is 0.347 e. The number of hydrogen-bond acceptors (Lipinski definition) is 0. The van der Waals surface area contributed by atoms with Crippen molar-refractivity contribution in [2.75, 3.05) is 0 Å². The molecule has 1 aromatic carbocycles. The van der Waals surface area contributed by atoms with Crippen molar-refractivity contribution in [3.05, 3.63) is 41.4 Å². The number of para-hydroxylation sites is 1. The van der Waals surface area contributed by atoms with Crippen LogP contribution < -0.4 is 0 Å². The van der Waals surface area contributed by atoms with E-state index in [2.05, 4.69) is 6.42 Å². The van der Waals surface area contributed by atoms with Gasteiger partial charge in [-0.05, 0) is 37.3 Å². The first-order valence-corrected chi connectivity index (χ1v) is 5.87. The number of rotatable bonds is 0. The van der Waals surface area contributed by atoms with Gasteiger partial charge in [0.1, 0.15) is 0 Å². The number of aryl methyl sites for hydroxylation is 1. The highest BCUT2D eigenvalue weighted by Crippen LogP contribution is 2.39. The molecule has 0 unspecified atom stereocenters. The molecular formula is C14H12F3N. The van der Waals surface area contributed by atoms with E-state index in [0.717, 1.165) is 35.6 Å². The molecule has 3 rings (SSSR count). The van der Waals surface area contributed by atoms with E-state index >= 15 is 0 Å². The van der Waals surface area contributed by atoms with Gasteiger partial charge < -0.3 is 4.57 Å². The standard InChI is InChI=1S/C14H12F3N/c1-18-12-8-3-2-5-9(12)10-6-4-7-11(13(10)18)14(15,16)17/h4,6-7H,3,5,8H2,1H3. The highest BCUT2D eigenvalue weighted by molar-refractivity contribution is 5.89. The van der Waals surface area contributed by atoms with Crippen LogP contribution in [0.2, 0.25) is 0 Å². The van der Waals surface area contributed by atoms with Gasteiger partial charge in [0.15, 0.2) is 0 Å². The number of halogens is 3. The van der Waals surface area contributed by atoms with Crippen molar-refractivity contribution in [2.24, 2.45) is 7.05 Å². The number of fused-ring (bicyclic) bond motifs is 3. The molecule has 0 fully saturated rings. The molecule has 0 atom stereocenters. The molecule has 0 saturated carbocycles. The van der Waals surface area contributed by atoms with Crippen LogP contribution in [0.25, 0.3) is 10.9 Å². The number of aromatic nitrogens is 1. The Morgan fingerprint density at radius 2 is 2.06 bits per heavy atom. The fraction of sp³-hybridized carbons (Fsp3) is 0.357. The van der Waals surface area contributed by atoms with Crippen molar-refractivity contribution in [2.45, 2.75) is 25.4 Å². The quantitative estimate of drug-likeness (QED) is 0.671. The molecule has 1 heterocycles. The third kappa shape index (κ3) is 1.55. The second-order valence-electron chi connectivity index (χ2n) is 4.61. The minimum Gasteiger partial charge on any atom is -0.347 e. The summed E-state index contributed by atoms with van der Waals surface area (Å²) in [6, 6.07) is 4.41. The molecule has 18 heavy (non-hydrogen) atoms. The van der Waals surface area contributed by atoms with Gasteiger partial charge in [-0.1, -0.05) is 12.1 Å². The molecule has 0 N–H and O–H groups in total. The minimum atomic E-state index is -4.30. The van der Waals surface area contributed by atoms with Gasteiger partial charge in [-0.15, -0.1) is 0 Å². The fourth-order valence-electron chi connectivity index (χ4n) is 2.81. The van der Waals surface area contributed by atoms with Gasteiger partial charge in [0, 0.05) is 18.1 Å². The van der Waals surface area contributed by atoms with Gasteiger partial charge in [-0.2, -0.15) is 13.2 Å². The van der Waals surface area contributed by atoms with Gasteiger partial charge in [0.2, 0.25) is 0 Å². The van der Waals surface area contributed by atoms with Crippen LogP contribution in [-0.4, -0.2) is 4.57 Å². The topological polar surface area (TPSA) is 4.93 Å². The number of benzene rings is 1. The summed E-state index contributed by atoms with van der Waals surface area (Å²) in [7, 11) is 1.72. The van der Waals surface area contributed by atoms with Crippen molar-refractivity contribution in [3.8, 4) is 0 Å². The fourth-order valence-corrected chi connectivity index (χ4v) is 2.81. The second kappa shape index (κ2) is 3.77. The van der Waals surface area contributed by atoms with E-state index in [1.807, 2.05) is 0 Å². The average Bonchev–Trinajstić information content (AvgIpc) is 2.63. The Bertz CT molecular complexity index is 608. The Morgan fingerprint density at radius 1 is 1.28 bits per heavy atom. The number of alkyl halides is 3.